The van der Waals surface area contributed by atoms with E-state index >= 15 is 0 Å². The Morgan fingerprint density at radius 3 is 2.20 bits per heavy atom. The molecule has 0 aliphatic rings. The Labute approximate surface area is 92.0 Å². The van der Waals surface area contributed by atoms with E-state index in [1.807, 2.05) is 20.8 Å². The quantitative estimate of drug-likeness (QED) is 0.791. The summed E-state index contributed by atoms with van der Waals surface area (Å²) < 4.78 is 31.4. The molecule has 1 rings (SSSR count). The van der Waals surface area contributed by atoms with Crippen molar-refractivity contribution in [3.63, 3.8) is 0 Å². The first-order valence-corrected chi connectivity index (χ1v) is 4.78. The number of methoxy groups -OCH3 is 1. The average molecular weight is 239 g/mol. The van der Waals surface area contributed by atoms with Gasteiger partial charge in [-0.05, 0) is 20.8 Å². The summed E-state index contributed by atoms with van der Waals surface area (Å²) in [5.74, 6) is 0.166. The van der Waals surface area contributed by atoms with Crippen molar-refractivity contribution >= 4 is 11.6 Å². The van der Waals surface area contributed by atoms with Crippen LogP contribution in [0.4, 0.5) is 8.78 Å². The van der Waals surface area contributed by atoms with Crippen LogP contribution >= 0.6 is 11.6 Å². The number of halogens is 3. The summed E-state index contributed by atoms with van der Waals surface area (Å²) >= 11 is 5.74. The molecule has 0 unspecified atom stereocenters. The Morgan fingerprint density at radius 1 is 1.40 bits per heavy atom. The van der Waals surface area contributed by atoms with E-state index in [0.717, 1.165) is 0 Å². The van der Waals surface area contributed by atoms with Gasteiger partial charge in [0, 0.05) is 0 Å². The first-order chi connectivity index (χ1) is 6.79. The average Bonchev–Trinajstić information content (AvgIpc) is 2.41. The van der Waals surface area contributed by atoms with Gasteiger partial charge in [0.05, 0.1) is 12.6 Å². The van der Waals surface area contributed by atoms with Crippen LogP contribution in [0.5, 0.6) is 5.88 Å². The predicted octanol–water partition coefficient (Wildman–Crippen LogP) is 3.24. The second-order valence-corrected chi connectivity index (χ2v) is 4.47. The maximum absolute atomic E-state index is 12.5. The number of hydrogen-bond donors (Lipinski definition) is 0. The van der Waals surface area contributed by atoms with Crippen molar-refractivity contribution in [1.82, 2.24) is 9.78 Å². The lowest BCUT2D eigenvalue weighted by atomic mass is 10.1. The van der Waals surface area contributed by atoms with Gasteiger partial charge >= 0.3 is 0 Å². The number of rotatable bonds is 2. The molecule has 1 aromatic heterocycles. The van der Waals surface area contributed by atoms with E-state index in [4.69, 9.17) is 16.3 Å². The molecular formula is C9H13ClF2N2O. The summed E-state index contributed by atoms with van der Waals surface area (Å²) in [5, 5.41) is 3.64. The van der Waals surface area contributed by atoms with Gasteiger partial charge in [0.25, 0.3) is 6.43 Å². The van der Waals surface area contributed by atoms with Gasteiger partial charge in [-0.25, -0.2) is 13.5 Å². The van der Waals surface area contributed by atoms with Crippen LogP contribution in [0, 0.1) is 0 Å². The zero-order chi connectivity index (χ0) is 11.8. The zero-order valence-electron chi connectivity index (χ0n) is 9.01. The molecular weight excluding hydrogens is 226 g/mol. The molecule has 0 aliphatic carbocycles. The third kappa shape index (κ3) is 2.22. The van der Waals surface area contributed by atoms with Crippen LogP contribution in [-0.2, 0) is 5.54 Å². The molecule has 0 saturated heterocycles. The van der Waals surface area contributed by atoms with E-state index in [1.54, 1.807) is 0 Å². The van der Waals surface area contributed by atoms with Crippen molar-refractivity contribution in [2.75, 3.05) is 7.11 Å². The van der Waals surface area contributed by atoms with Gasteiger partial charge in [0.15, 0.2) is 5.69 Å². The molecule has 0 aliphatic heterocycles. The lowest BCUT2D eigenvalue weighted by molar-refractivity contribution is 0.143. The van der Waals surface area contributed by atoms with E-state index in [0.29, 0.717) is 0 Å². The Kier molecular flexibility index (Phi) is 3.23. The molecule has 6 heteroatoms. The standard InChI is InChI=1S/C9H13ClF2N2O/c1-9(2,3)14-8(15-4)5(10)6(13-14)7(11)12/h7H,1-4H3. The molecule has 0 atom stereocenters. The van der Waals surface area contributed by atoms with E-state index in [1.165, 1.54) is 11.8 Å². The van der Waals surface area contributed by atoms with E-state index in [-0.39, 0.29) is 10.9 Å². The van der Waals surface area contributed by atoms with Gasteiger partial charge in [-0.3, -0.25) is 0 Å². The van der Waals surface area contributed by atoms with E-state index in [2.05, 4.69) is 5.10 Å². The third-order valence-corrected chi connectivity index (χ3v) is 2.20. The Bertz CT molecular complexity index is 358. The zero-order valence-corrected chi connectivity index (χ0v) is 9.77. The second-order valence-electron chi connectivity index (χ2n) is 4.09. The van der Waals surface area contributed by atoms with Crippen LogP contribution in [0.1, 0.15) is 32.9 Å². The van der Waals surface area contributed by atoms with Crippen LogP contribution in [-0.4, -0.2) is 16.9 Å². The fourth-order valence-corrected chi connectivity index (χ4v) is 1.45. The molecule has 3 nitrogen and oxygen atoms in total. The summed E-state index contributed by atoms with van der Waals surface area (Å²) in [6.45, 7) is 5.48. The molecule has 1 heterocycles. The first kappa shape index (κ1) is 12.2. The van der Waals surface area contributed by atoms with Crippen molar-refractivity contribution in [3.8, 4) is 5.88 Å². The lowest BCUT2D eigenvalue weighted by Crippen LogP contribution is -2.24. The summed E-state index contributed by atoms with van der Waals surface area (Å²) in [6, 6.07) is 0. The maximum atomic E-state index is 12.5. The number of ether oxygens (including phenoxy) is 1. The van der Waals surface area contributed by atoms with Crippen molar-refractivity contribution in [2.45, 2.75) is 32.7 Å². The highest BCUT2D eigenvalue weighted by Crippen LogP contribution is 2.36. The van der Waals surface area contributed by atoms with Crippen molar-refractivity contribution in [1.29, 1.82) is 0 Å². The molecule has 0 bridgehead atoms. The number of alkyl halides is 2. The fraction of sp³-hybridized carbons (Fsp3) is 0.667. The smallest absolute Gasteiger partial charge is 0.283 e. The molecule has 0 radical (unpaired) electrons. The molecule has 0 spiro atoms. The number of aromatic nitrogens is 2. The molecule has 1 aromatic rings. The minimum Gasteiger partial charge on any atom is -0.480 e. The Morgan fingerprint density at radius 2 is 1.93 bits per heavy atom. The topological polar surface area (TPSA) is 27.1 Å². The Balaban J connectivity index is 3.35. The molecule has 0 fully saturated rings. The monoisotopic (exact) mass is 238 g/mol. The molecule has 15 heavy (non-hydrogen) atoms. The summed E-state index contributed by atoms with van der Waals surface area (Å²) in [6.07, 6.45) is -2.70. The SMILES string of the molecule is COc1c(Cl)c(C(F)F)nn1C(C)(C)C. The molecule has 86 valence electrons. The van der Waals surface area contributed by atoms with Crippen LogP contribution in [0.2, 0.25) is 5.02 Å². The van der Waals surface area contributed by atoms with E-state index in [9.17, 15) is 8.78 Å². The maximum Gasteiger partial charge on any atom is 0.283 e. The van der Waals surface area contributed by atoms with Gasteiger partial charge in [0.1, 0.15) is 5.02 Å². The van der Waals surface area contributed by atoms with Crippen LogP contribution in [0.3, 0.4) is 0 Å². The highest BCUT2D eigenvalue weighted by molar-refractivity contribution is 6.32. The van der Waals surface area contributed by atoms with Gasteiger partial charge in [-0.1, -0.05) is 11.6 Å². The van der Waals surface area contributed by atoms with Crippen molar-refractivity contribution in [3.05, 3.63) is 10.7 Å². The van der Waals surface area contributed by atoms with Crippen LogP contribution < -0.4 is 4.74 Å². The predicted molar refractivity (Wildman–Crippen MR) is 53.7 cm³/mol. The van der Waals surface area contributed by atoms with Crippen molar-refractivity contribution < 1.29 is 13.5 Å². The number of nitrogens with zero attached hydrogens (tertiary/aromatic N) is 2. The Hall–Kier alpha value is -0.840. The number of hydrogen-bond acceptors (Lipinski definition) is 2. The first-order valence-electron chi connectivity index (χ1n) is 4.40. The normalized spacial score (nSPS) is 12.3. The van der Waals surface area contributed by atoms with E-state index < -0.39 is 17.7 Å². The van der Waals surface area contributed by atoms with Crippen molar-refractivity contribution in [2.24, 2.45) is 0 Å². The van der Waals surface area contributed by atoms with Crippen LogP contribution in [0.15, 0.2) is 0 Å². The molecule has 0 aromatic carbocycles. The van der Waals surface area contributed by atoms with Gasteiger partial charge in [0.2, 0.25) is 5.88 Å². The second kappa shape index (κ2) is 3.96. The van der Waals surface area contributed by atoms with Gasteiger partial charge < -0.3 is 4.74 Å². The molecule has 0 amide bonds. The largest absolute Gasteiger partial charge is 0.480 e. The summed E-state index contributed by atoms with van der Waals surface area (Å²) in [5.41, 5.74) is -0.897. The van der Waals surface area contributed by atoms with Gasteiger partial charge in [-0.15, -0.1) is 0 Å². The summed E-state index contributed by atoms with van der Waals surface area (Å²) in [4.78, 5) is 0. The highest BCUT2D eigenvalue weighted by Gasteiger charge is 2.28. The third-order valence-electron chi connectivity index (χ3n) is 1.85. The minimum atomic E-state index is -2.70. The van der Waals surface area contributed by atoms with Crippen LogP contribution in [0.25, 0.3) is 0 Å². The lowest BCUT2D eigenvalue weighted by Gasteiger charge is -2.21. The molecule has 0 N–H and O–H groups in total. The minimum absolute atomic E-state index is 0.123. The molecule has 0 saturated carbocycles. The summed E-state index contributed by atoms with van der Waals surface area (Å²) in [7, 11) is 1.38. The highest BCUT2D eigenvalue weighted by atomic mass is 35.5. The van der Waals surface area contributed by atoms with Gasteiger partial charge in [-0.2, -0.15) is 5.10 Å². The fourth-order valence-electron chi connectivity index (χ4n) is 1.17.